The van der Waals surface area contributed by atoms with Gasteiger partial charge in [0, 0.05) is 11.3 Å². The van der Waals surface area contributed by atoms with Gasteiger partial charge in [-0.05, 0) is 41.5 Å². The van der Waals surface area contributed by atoms with Gasteiger partial charge >= 0.3 is 7.48 Å². The van der Waals surface area contributed by atoms with Gasteiger partial charge in [0.25, 0.3) is 0 Å². The van der Waals surface area contributed by atoms with Crippen molar-refractivity contribution in [2.75, 3.05) is 0 Å². The standard InChI is InChI=1S/C25H19BN2O/c29-26-21-16-19(18-9-3-1-4-10-18)15-20(17-21)25-27-23-13-7-8-14-24(23)28(25)22-11-5-2-6-12-22/h1-17,26,29H. The van der Waals surface area contributed by atoms with Crippen molar-refractivity contribution in [1.82, 2.24) is 9.55 Å². The SMILES string of the molecule is OBc1cc(-c2ccccc2)cc(-c2nc3ccccc3n2-c2ccccc2)c1. The molecule has 0 aliphatic carbocycles. The van der Waals surface area contributed by atoms with Crippen LogP contribution in [0.2, 0.25) is 0 Å². The van der Waals surface area contributed by atoms with Crippen molar-refractivity contribution in [3.05, 3.63) is 103 Å². The molecule has 4 aromatic carbocycles. The number of nitrogens with zero attached hydrogens (tertiary/aromatic N) is 2. The first-order chi connectivity index (χ1) is 14.3. The van der Waals surface area contributed by atoms with Crippen LogP contribution in [0.3, 0.4) is 0 Å². The Balaban J connectivity index is 1.78. The number of hydrogen-bond donors (Lipinski definition) is 1. The Morgan fingerprint density at radius 1 is 0.655 bits per heavy atom. The van der Waals surface area contributed by atoms with Crippen molar-refractivity contribution in [2.24, 2.45) is 0 Å². The van der Waals surface area contributed by atoms with Crippen LogP contribution < -0.4 is 5.46 Å². The molecule has 0 fully saturated rings. The highest BCUT2D eigenvalue weighted by molar-refractivity contribution is 6.45. The summed E-state index contributed by atoms with van der Waals surface area (Å²) >= 11 is 0. The fraction of sp³-hybridized carbons (Fsp3) is 0. The van der Waals surface area contributed by atoms with Crippen LogP contribution in [0.1, 0.15) is 0 Å². The Labute approximate surface area is 170 Å². The summed E-state index contributed by atoms with van der Waals surface area (Å²) in [5, 5.41) is 9.88. The van der Waals surface area contributed by atoms with E-state index in [1.54, 1.807) is 0 Å². The second-order valence-corrected chi connectivity index (χ2v) is 7.04. The Kier molecular flexibility index (Phi) is 4.47. The van der Waals surface area contributed by atoms with Crippen LogP contribution in [-0.4, -0.2) is 22.1 Å². The summed E-state index contributed by atoms with van der Waals surface area (Å²) in [6.45, 7) is 0. The summed E-state index contributed by atoms with van der Waals surface area (Å²) in [6.07, 6.45) is 0. The van der Waals surface area contributed by atoms with E-state index in [0.717, 1.165) is 44.7 Å². The van der Waals surface area contributed by atoms with E-state index < -0.39 is 0 Å². The number of para-hydroxylation sites is 3. The van der Waals surface area contributed by atoms with Gasteiger partial charge in [-0.3, -0.25) is 4.57 Å². The zero-order valence-corrected chi connectivity index (χ0v) is 15.9. The van der Waals surface area contributed by atoms with Crippen LogP contribution in [0.15, 0.2) is 103 Å². The Morgan fingerprint density at radius 3 is 2.07 bits per heavy atom. The van der Waals surface area contributed by atoms with E-state index >= 15 is 0 Å². The molecule has 4 heteroatoms. The van der Waals surface area contributed by atoms with Crippen LogP contribution in [0.5, 0.6) is 0 Å². The third-order valence-corrected chi connectivity index (χ3v) is 5.12. The lowest BCUT2D eigenvalue weighted by Gasteiger charge is -2.12. The molecule has 3 nitrogen and oxygen atoms in total. The molecule has 0 aliphatic rings. The second kappa shape index (κ2) is 7.42. The molecule has 1 N–H and O–H groups in total. The minimum atomic E-state index is -0.0146. The highest BCUT2D eigenvalue weighted by Gasteiger charge is 2.15. The molecule has 0 saturated carbocycles. The van der Waals surface area contributed by atoms with E-state index in [1.807, 2.05) is 66.7 Å². The molecule has 0 saturated heterocycles. The number of aromatic nitrogens is 2. The van der Waals surface area contributed by atoms with Gasteiger partial charge in [-0.25, -0.2) is 4.98 Å². The van der Waals surface area contributed by atoms with Crippen LogP contribution in [0, 0.1) is 0 Å². The lowest BCUT2D eigenvalue weighted by molar-refractivity contribution is 0.615. The van der Waals surface area contributed by atoms with Crippen LogP contribution in [-0.2, 0) is 0 Å². The molecule has 0 radical (unpaired) electrons. The molecule has 0 unspecified atom stereocenters. The molecule has 29 heavy (non-hydrogen) atoms. The molecule has 138 valence electrons. The summed E-state index contributed by atoms with van der Waals surface area (Å²) in [7, 11) is -0.0146. The van der Waals surface area contributed by atoms with Crippen molar-refractivity contribution < 1.29 is 5.02 Å². The summed E-state index contributed by atoms with van der Waals surface area (Å²) < 4.78 is 2.18. The molecule has 1 heterocycles. The number of rotatable bonds is 4. The van der Waals surface area contributed by atoms with Crippen molar-refractivity contribution in [3.8, 4) is 28.2 Å². The zero-order valence-electron chi connectivity index (χ0n) is 15.9. The summed E-state index contributed by atoms with van der Waals surface area (Å²) in [5.41, 5.74) is 7.10. The van der Waals surface area contributed by atoms with E-state index in [0.29, 0.717) is 0 Å². The lowest BCUT2D eigenvalue weighted by Crippen LogP contribution is -2.14. The molecular formula is C25H19BN2O. The van der Waals surface area contributed by atoms with E-state index in [1.165, 1.54) is 0 Å². The normalized spacial score (nSPS) is 10.9. The predicted molar refractivity (Wildman–Crippen MR) is 121 cm³/mol. The van der Waals surface area contributed by atoms with Crippen LogP contribution in [0.4, 0.5) is 0 Å². The van der Waals surface area contributed by atoms with Gasteiger partial charge in [-0.2, -0.15) is 0 Å². The first-order valence-corrected chi connectivity index (χ1v) is 9.67. The maximum absolute atomic E-state index is 9.88. The number of hydrogen-bond acceptors (Lipinski definition) is 2. The van der Waals surface area contributed by atoms with Crippen molar-refractivity contribution in [2.45, 2.75) is 0 Å². The average molecular weight is 374 g/mol. The van der Waals surface area contributed by atoms with Crippen molar-refractivity contribution >= 4 is 24.0 Å². The predicted octanol–water partition coefficient (Wildman–Crippen LogP) is 4.33. The van der Waals surface area contributed by atoms with Gasteiger partial charge in [0.15, 0.2) is 0 Å². The minimum absolute atomic E-state index is 0.0146. The fourth-order valence-electron chi connectivity index (χ4n) is 3.77. The largest absolute Gasteiger partial charge is 0.449 e. The second-order valence-electron chi connectivity index (χ2n) is 7.04. The maximum Gasteiger partial charge on any atom is 0.304 e. The highest BCUT2D eigenvalue weighted by Crippen LogP contribution is 2.30. The summed E-state index contributed by atoms with van der Waals surface area (Å²) in [4.78, 5) is 4.95. The molecule has 0 aliphatic heterocycles. The van der Waals surface area contributed by atoms with Crippen LogP contribution >= 0.6 is 0 Å². The van der Waals surface area contributed by atoms with Gasteiger partial charge < -0.3 is 5.02 Å². The number of imidazole rings is 1. The molecular weight excluding hydrogens is 355 g/mol. The molecule has 0 spiro atoms. The summed E-state index contributed by atoms with van der Waals surface area (Å²) in [5.74, 6) is 0.866. The van der Waals surface area contributed by atoms with Gasteiger partial charge in [-0.1, -0.05) is 78.3 Å². The van der Waals surface area contributed by atoms with Gasteiger partial charge in [0.2, 0.25) is 0 Å². The number of benzene rings is 4. The molecule has 0 atom stereocenters. The molecule has 1 aromatic heterocycles. The van der Waals surface area contributed by atoms with Crippen LogP contribution in [0.25, 0.3) is 39.2 Å². The van der Waals surface area contributed by atoms with Gasteiger partial charge in [0.1, 0.15) is 5.82 Å². The Morgan fingerprint density at radius 2 is 1.31 bits per heavy atom. The fourth-order valence-corrected chi connectivity index (χ4v) is 3.77. The zero-order chi connectivity index (χ0) is 19.6. The number of fused-ring (bicyclic) bond motifs is 1. The third-order valence-electron chi connectivity index (χ3n) is 5.12. The first kappa shape index (κ1) is 17.5. The van der Waals surface area contributed by atoms with E-state index in [4.69, 9.17) is 4.98 Å². The Bertz CT molecular complexity index is 1280. The lowest BCUT2D eigenvalue weighted by atomic mass is 9.84. The van der Waals surface area contributed by atoms with E-state index in [-0.39, 0.29) is 7.48 Å². The quantitative estimate of drug-likeness (QED) is 0.476. The monoisotopic (exact) mass is 374 g/mol. The molecule has 5 rings (SSSR count). The minimum Gasteiger partial charge on any atom is -0.449 e. The smallest absolute Gasteiger partial charge is 0.304 e. The Hall–Kier alpha value is -3.63. The van der Waals surface area contributed by atoms with Crippen molar-refractivity contribution in [3.63, 3.8) is 0 Å². The third kappa shape index (κ3) is 3.24. The summed E-state index contributed by atoms with van der Waals surface area (Å²) in [6, 6.07) is 34.9. The molecule has 5 aromatic rings. The molecule has 0 amide bonds. The van der Waals surface area contributed by atoms with E-state index in [9.17, 15) is 5.02 Å². The average Bonchev–Trinajstić information content (AvgIpc) is 3.19. The topological polar surface area (TPSA) is 38.1 Å². The maximum atomic E-state index is 9.88. The van der Waals surface area contributed by atoms with E-state index in [2.05, 4.69) is 41.0 Å². The van der Waals surface area contributed by atoms with Gasteiger partial charge in [-0.15, -0.1) is 0 Å². The first-order valence-electron chi connectivity index (χ1n) is 9.67. The van der Waals surface area contributed by atoms with Crippen molar-refractivity contribution in [1.29, 1.82) is 0 Å². The highest BCUT2D eigenvalue weighted by atomic mass is 16.2. The molecule has 0 bridgehead atoms. The van der Waals surface area contributed by atoms with Gasteiger partial charge in [0.05, 0.1) is 11.0 Å².